The fraction of sp³-hybridized carbons (Fsp3) is 0.350. The van der Waals surface area contributed by atoms with E-state index in [1.807, 2.05) is 0 Å². The summed E-state index contributed by atoms with van der Waals surface area (Å²) in [5.74, 6) is -0.564. The molecule has 2 aromatic carbocycles. The van der Waals surface area contributed by atoms with Crippen molar-refractivity contribution in [3.05, 3.63) is 41.7 Å². The van der Waals surface area contributed by atoms with E-state index in [9.17, 15) is 17.6 Å². The molecule has 0 spiro atoms. The summed E-state index contributed by atoms with van der Waals surface area (Å²) in [5, 5.41) is 2.63. The van der Waals surface area contributed by atoms with Crippen molar-refractivity contribution < 1.29 is 36.6 Å². The van der Waals surface area contributed by atoms with Crippen LogP contribution in [0.2, 0.25) is 0 Å². The van der Waals surface area contributed by atoms with Gasteiger partial charge in [0.1, 0.15) is 10.7 Å². The van der Waals surface area contributed by atoms with Gasteiger partial charge in [0.05, 0.1) is 34.5 Å². The zero-order valence-electron chi connectivity index (χ0n) is 17.3. The first-order chi connectivity index (χ1) is 14.8. The van der Waals surface area contributed by atoms with Crippen LogP contribution in [-0.2, 0) is 14.8 Å². The third kappa shape index (κ3) is 4.73. The molecule has 1 aliphatic heterocycles. The SMILES string of the molecule is COc1cc(NC(=O)c2ccc(F)c(S(=O)(=O)N3CCOCC3)c2)cc(OC)c1OC. The van der Waals surface area contributed by atoms with Gasteiger partial charge in [0.25, 0.3) is 5.91 Å². The second kappa shape index (κ2) is 9.50. The molecule has 168 valence electrons. The summed E-state index contributed by atoms with van der Waals surface area (Å²) in [5.41, 5.74) is 0.295. The molecule has 1 fully saturated rings. The summed E-state index contributed by atoms with van der Waals surface area (Å²) >= 11 is 0. The molecule has 3 rings (SSSR count). The van der Waals surface area contributed by atoms with Crippen LogP contribution in [-0.4, -0.2) is 66.3 Å². The Balaban J connectivity index is 1.90. The number of amides is 1. The average Bonchev–Trinajstić information content (AvgIpc) is 2.78. The molecule has 0 aliphatic carbocycles. The molecule has 0 radical (unpaired) electrons. The van der Waals surface area contributed by atoms with Gasteiger partial charge in [-0.05, 0) is 18.2 Å². The Kier molecular flexibility index (Phi) is 6.98. The fourth-order valence-electron chi connectivity index (χ4n) is 3.12. The Hall–Kier alpha value is -2.89. The number of morpholine rings is 1. The topological polar surface area (TPSA) is 103 Å². The molecule has 0 atom stereocenters. The van der Waals surface area contributed by atoms with Gasteiger partial charge >= 0.3 is 0 Å². The number of sulfonamides is 1. The number of methoxy groups -OCH3 is 3. The van der Waals surface area contributed by atoms with Crippen LogP contribution in [0.3, 0.4) is 0 Å². The number of hydrogen-bond donors (Lipinski definition) is 1. The van der Waals surface area contributed by atoms with Crippen molar-refractivity contribution in [1.82, 2.24) is 4.31 Å². The van der Waals surface area contributed by atoms with Crippen LogP contribution < -0.4 is 19.5 Å². The van der Waals surface area contributed by atoms with E-state index >= 15 is 0 Å². The van der Waals surface area contributed by atoms with E-state index in [1.54, 1.807) is 0 Å². The minimum absolute atomic E-state index is 0.0259. The van der Waals surface area contributed by atoms with Gasteiger partial charge < -0.3 is 24.3 Å². The Morgan fingerprint density at radius 2 is 1.65 bits per heavy atom. The van der Waals surface area contributed by atoms with E-state index in [2.05, 4.69) is 5.32 Å². The average molecular weight is 454 g/mol. The Morgan fingerprint density at radius 1 is 1.03 bits per heavy atom. The van der Waals surface area contributed by atoms with Crippen molar-refractivity contribution in [2.75, 3.05) is 52.9 Å². The second-order valence-electron chi connectivity index (χ2n) is 6.53. The van der Waals surface area contributed by atoms with Gasteiger partial charge in [-0.3, -0.25) is 4.79 Å². The van der Waals surface area contributed by atoms with E-state index in [1.165, 1.54) is 39.5 Å². The van der Waals surface area contributed by atoms with Crippen molar-refractivity contribution in [2.45, 2.75) is 4.90 Å². The molecular weight excluding hydrogens is 431 g/mol. The summed E-state index contributed by atoms with van der Waals surface area (Å²) in [4.78, 5) is 12.2. The van der Waals surface area contributed by atoms with E-state index in [0.29, 0.717) is 22.9 Å². The predicted octanol–water partition coefficient (Wildman–Crippen LogP) is 2.12. The van der Waals surface area contributed by atoms with Crippen molar-refractivity contribution in [3.8, 4) is 17.2 Å². The predicted molar refractivity (Wildman–Crippen MR) is 110 cm³/mol. The van der Waals surface area contributed by atoms with Gasteiger partial charge in [-0.25, -0.2) is 12.8 Å². The van der Waals surface area contributed by atoms with Gasteiger partial charge in [-0.2, -0.15) is 4.31 Å². The molecule has 2 aromatic rings. The first-order valence-electron chi connectivity index (χ1n) is 9.30. The first kappa shape index (κ1) is 22.8. The summed E-state index contributed by atoms with van der Waals surface area (Å²) < 4.78 is 62.1. The number of nitrogens with one attached hydrogen (secondary N) is 1. The van der Waals surface area contributed by atoms with Crippen LogP contribution in [0.15, 0.2) is 35.2 Å². The Labute approximate surface area is 179 Å². The molecule has 0 unspecified atom stereocenters. The smallest absolute Gasteiger partial charge is 0.255 e. The first-order valence-corrected chi connectivity index (χ1v) is 10.7. The number of anilines is 1. The number of nitrogens with zero attached hydrogens (tertiary/aromatic N) is 1. The molecule has 0 saturated carbocycles. The quantitative estimate of drug-likeness (QED) is 0.684. The monoisotopic (exact) mass is 454 g/mol. The van der Waals surface area contributed by atoms with Gasteiger partial charge in [-0.1, -0.05) is 0 Å². The summed E-state index contributed by atoms with van der Waals surface area (Å²) in [6, 6.07) is 6.23. The number of ether oxygens (including phenoxy) is 4. The van der Waals surface area contributed by atoms with Crippen molar-refractivity contribution >= 4 is 21.6 Å². The second-order valence-corrected chi connectivity index (χ2v) is 8.44. The number of rotatable bonds is 7. The minimum Gasteiger partial charge on any atom is -0.493 e. The highest BCUT2D eigenvalue weighted by Gasteiger charge is 2.30. The van der Waals surface area contributed by atoms with Crippen LogP contribution in [0.4, 0.5) is 10.1 Å². The van der Waals surface area contributed by atoms with Crippen LogP contribution in [0.5, 0.6) is 17.2 Å². The zero-order chi connectivity index (χ0) is 22.6. The number of hydrogen-bond acceptors (Lipinski definition) is 7. The largest absolute Gasteiger partial charge is 0.493 e. The number of carbonyl (C=O) groups excluding carboxylic acids is 1. The van der Waals surface area contributed by atoms with Gasteiger partial charge in [0, 0.05) is 36.5 Å². The lowest BCUT2D eigenvalue weighted by atomic mass is 10.2. The van der Waals surface area contributed by atoms with Crippen LogP contribution in [0.1, 0.15) is 10.4 Å². The summed E-state index contributed by atoms with van der Waals surface area (Å²) in [6.07, 6.45) is 0. The molecule has 0 aromatic heterocycles. The third-order valence-corrected chi connectivity index (χ3v) is 6.62. The van der Waals surface area contributed by atoms with Gasteiger partial charge in [0.15, 0.2) is 11.5 Å². The maximum absolute atomic E-state index is 14.4. The van der Waals surface area contributed by atoms with Gasteiger partial charge in [0.2, 0.25) is 15.8 Å². The molecule has 1 N–H and O–H groups in total. The normalized spacial score (nSPS) is 14.7. The Morgan fingerprint density at radius 3 is 2.19 bits per heavy atom. The highest BCUT2D eigenvalue weighted by molar-refractivity contribution is 7.89. The lowest BCUT2D eigenvalue weighted by Gasteiger charge is -2.26. The third-order valence-electron chi connectivity index (χ3n) is 4.70. The van der Waals surface area contributed by atoms with E-state index in [0.717, 1.165) is 16.4 Å². The minimum atomic E-state index is -4.11. The maximum atomic E-state index is 14.4. The molecule has 1 heterocycles. The maximum Gasteiger partial charge on any atom is 0.255 e. The number of benzene rings is 2. The van der Waals surface area contributed by atoms with Gasteiger partial charge in [-0.15, -0.1) is 0 Å². The van der Waals surface area contributed by atoms with E-state index in [-0.39, 0.29) is 31.9 Å². The van der Waals surface area contributed by atoms with E-state index in [4.69, 9.17) is 18.9 Å². The van der Waals surface area contributed by atoms with E-state index < -0.39 is 26.6 Å². The molecule has 1 saturated heterocycles. The number of carbonyl (C=O) groups is 1. The van der Waals surface area contributed by atoms with Crippen LogP contribution >= 0.6 is 0 Å². The lowest BCUT2D eigenvalue weighted by molar-refractivity contribution is 0.0729. The number of halogens is 1. The molecule has 0 bridgehead atoms. The molecular formula is C20H23FN2O7S. The molecule has 9 nitrogen and oxygen atoms in total. The summed E-state index contributed by atoms with van der Waals surface area (Å²) in [7, 11) is 0.214. The van der Waals surface area contributed by atoms with Crippen molar-refractivity contribution in [2.24, 2.45) is 0 Å². The van der Waals surface area contributed by atoms with Crippen LogP contribution in [0, 0.1) is 5.82 Å². The molecule has 11 heteroatoms. The Bertz CT molecular complexity index is 1040. The zero-order valence-corrected chi connectivity index (χ0v) is 18.1. The molecule has 31 heavy (non-hydrogen) atoms. The highest BCUT2D eigenvalue weighted by Crippen LogP contribution is 2.40. The fourth-order valence-corrected chi connectivity index (χ4v) is 4.62. The van der Waals surface area contributed by atoms with Crippen molar-refractivity contribution in [3.63, 3.8) is 0 Å². The lowest BCUT2D eigenvalue weighted by Crippen LogP contribution is -2.41. The molecule has 1 aliphatic rings. The standard InChI is InChI=1S/C20H23FN2O7S/c1-27-16-11-14(12-17(28-2)19(16)29-3)22-20(24)13-4-5-15(21)18(10-13)31(25,26)23-6-8-30-9-7-23/h4-5,10-12H,6-9H2,1-3H3,(H,22,24). The molecule has 1 amide bonds. The van der Waals surface area contributed by atoms with Crippen LogP contribution in [0.25, 0.3) is 0 Å². The summed E-state index contributed by atoms with van der Waals surface area (Å²) in [6.45, 7) is 0.678. The van der Waals surface area contributed by atoms with Crippen molar-refractivity contribution in [1.29, 1.82) is 0 Å². The highest BCUT2D eigenvalue weighted by atomic mass is 32.2.